The van der Waals surface area contributed by atoms with Crippen LogP contribution in [0.1, 0.15) is 30.9 Å². The zero-order valence-corrected chi connectivity index (χ0v) is 19.9. The lowest BCUT2D eigenvalue weighted by Gasteiger charge is -2.20. The van der Waals surface area contributed by atoms with Crippen LogP contribution in [0.2, 0.25) is 0 Å². The maximum absolute atomic E-state index is 14.8. The van der Waals surface area contributed by atoms with E-state index in [9.17, 15) is 40.3 Å². The Morgan fingerprint density at radius 1 is 1.08 bits per heavy atom. The summed E-state index contributed by atoms with van der Waals surface area (Å²) in [5.41, 5.74) is -4.87. The third kappa shape index (κ3) is 6.07. The van der Waals surface area contributed by atoms with E-state index in [4.69, 9.17) is 0 Å². The summed E-state index contributed by atoms with van der Waals surface area (Å²) in [5.74, 6) is -1.07. The maximum Gasteiger partial charge on any atom is 0.423 e. The Morgan fingerprint density at radius 3 is 2.41 bits per heavy atom. The van der Waals surface area contributed by atoms with Crippen LogP contribution in [-0.4, -0.2) is 36.9 Å². The molecule has 3 aromatic heterocycles. The number of benzene rings is 1. The lowest BCUT2D eigenvalue weighted by molar-refractivity contribution is -0.138. The zero-order chi connectivity index (χ0) is 28.5. The maximum atomic E-state index is 14.8. The number of fused-ring (bicyclic) bond motifs is 1. The molecule has 4 aromatic rings. The van der Waals surface area contributed by atoms with Gasteiger partial charge >= 0.3 is 6.18 Å². The molecule has 0 saturated heterocycles. The number of rotatable bonds is 8. The minimum atomic E-state index is -4.97. The van der Waals surface area contributed by atoms with E-state index >= 15 is 0 Å². The largest absolute Gasteiger partial charge is 0.423 e. The highest BCUT2D eigenvalue weighted by atomic mass is 19.4. The number of nitrogens with zero attached hydrogens (tertiary/aromatic N) is 4. The number of aromatic nitrogens is 5. The second-order valence-electron chi connectivity index (χ2n) is 8.70. The van der Waals surface area contributed by atoms with Gasteiger partial charge in [-0.1, -0.05) is 0 Å². The van der Waals surface area contributed by atoms with Gasteiger partial charge < -0.3 is 9.88 Å². The van der Waals surface area contributed by atoms with Gasteiger partial charge in [0.25, 0.3) is 17.5 Å². The van der Waals surface area contributed by atoms with Crippen LogP contribution >= 0.6 is 0 Å². The van der Waals surface area contributed by atoms with E-state index < -0.39 is 65.1 Å². The summed E-state index contributed by atoms with van der Waals surface area (Å²) in [5, 5.41) is 7.63. The van der Waals surface area contributed by atoms with Crippen LogP contribution in [0.15, 0.2) is 52.6 Å². The second-order valence-corrected chi connectivity index (χ2v) is 8.70. The molecule has 3 heterocycles. The van der Waals surface area contributed by atoms with E-state index in [1.54, 1.807) is 5.10 Å². The van der Waals surface area contributed by atoms with Crippen LogP contribution in [0.5, 0.6) is 0 Å². The van der Waals surface area contributed by atoms with Gasteiger partial charge in [0.15, 0.2) is 5.82 Å². The highest BCUT2D eigenvalue weighted by molar-refractivity contribution is 5.86. The first-order chi connectivity index (χ1) is 18.3. The Morgan fingerprint density at radius 2 is 1.77 bits per heavy atom. The Hall–Kier alpha value is -4.30. The van der Waals surface area contributed by atoms with E-state index in [-0.39, 0.29) is 28.6 Å². The Labute approximate surface area is 214 Å². The van der Waals surface area contributed by atoms with Gasteiger partial charge in [0.1, 0.15) is 17.6 Å². The predicted octanol–water partition coefficient (Wildman–Crippen LogP) is 4.87. The molecule has 0 aliphatic carbocycles. The summed E-state index contributed by atoms with van der Waals surface area (Å²) in [6, 6.07) is 2.70. The molecule has 15 heteroatoms. The van der Waals surface area contributed by atoms with Crippen LogP contribution in [0, 0.1) is 5.82 Å². The molecular formula is C24H19F7N6O2. The van der Waals surface area contributed by atoms with Crippen LogP contribution in [0.25, 0.3) is 22.2 Å². The Balaban J connectivity index is 1.51. The summed E-state index contributed by atoms with van der Waals surface area (Å²) in [7, 11) is 0. The standard InChI is InChI=1S/C24H19F7N6O2/c1-11(35-18-9-34-36-22(38)19(18)24(29,30)31)4-14(25)10-37-3-2-12-5-16(17(26)6-15(12)23(37)39)21-32-7-13(8-33-21)20(27)28/h2-3,5-9,11,14,20H,4,10H2,1H3,(H2,35,36,38)/t11-,14+/m0/s1. The van der Waals surface area contributed by atoms with Crippen molar-refractivity contribution in [2.75, 3.05) is 5.32 Å². The second kappa shape index (κ2) is 10.8. The minimum Gasteiger partial charge on any atom is -0.381 e. The van der Waals surface area contributed by atoms with E-state index in [0.717, 1.165) is 29.2 Å². The first-order valence-electron chi connectivity index (χ1n) is 11.3. The predicted molar refractivity (Wildman–Crippen MR) is 127 cm³/mol. The molecule has 4 rings (SSSR count). The van der Waals surface area contributed by atoms with Crippen molar-refractivity contribution in [2.45, 2.75) is 44.7 Å². The number of H-pyrrole nitrogens is 1. The smallest absolute Gasteiger partial charge is 0.381 e. The topological polar surface area (TPSA) is 106 Å². The highest BCUT2D eigenvalue weighted by Gasteiger charge is 2.37. The number of anilines is 1. The molecule has 0 bridgehead atoms. The molecular weight excluding hydrogens is 537 g/mol. The van der Waals surface area contributed by atoms with Crippen LogP contribution < -0.4 is 16.4 Å². The number of aromatic amines is 1. The van der Waals surface area contributed by atoms with Gasteiger partial charge in [-0.3, -0.25) is 9.59 Å². The van der Waals surface area contributed by atoms with Crippen molar-refractivity contribution in [1.29, 1.82) is 0 Å². The quantitative estimate of drug-likeness (QED) is 0.300. The van der Waals surface area contributed by atoms with Crippen LogP contribution in [0.3, 0.4) is 0 Å². The molecule has 0 saturated carbocycles. The Kier molecular flexibility index (Phi) is 7.70. The first kappa shape index (κ1) is 27.7. The van der Waals surface area contributed by atoms with Crippen molar-refractivity contribution in [2.24, 2.45) is 0 Å². The van der Waals surface area contributed by atoms with Crippen LogP contribution in [0.4, 0.5) is 36.4 Å². The van der Waals surface area contributed by atoms with Gasteiger partial charge in [0, 0.05) is 31.1 Å². The number of hydrogen-bond acceptors (Lipinski definition) is 6. The SMILES string of the molecule is C[C@@H](C[C@@H](F)Cn1ccc2cc(-c3ncc(C(F)F)cn3)c(F)cc2c1=O)Nc1cn[nH]c(=O)c1C(F)(F)F. The van der Waals surface area contributed by atoms with Crippen molar-refractivity contribution in [3.05, 3.63) is 80.6 Å². The molecule has 0 fully saturated rings. The zero-order valence-electron chi connectivity index (χ0n) is 19.9. The molecule has 0 amide bonds. The van der Waals surface area contributed by atoms with Gasteiger partial charge in [-0.25, -0.2) is 32.6 Å². The molecule has 0 aliphatic rings. The number of nitrogens with one attached hydrogen (secondary N) is 2. The molecule has 0 spiro atoms. The minimum absolute atomic E-state index is 0.0919. The van der Waals surface area contributed by atoms with Gasteiger partial charge in [0.2, 0.25) is 0 Å². The molecule has 1 aromatic carbocycles. The fourth-order valence-electron chi connectivity index (χ4n) is 4.00. The third-order valence-electron chi connectivity index (χ3n) is 5.77. The third-order valence-corrected chi connectivity index (χ3v) is 5.77. The molecule has 0 aliphatic heterocycles. The number of hydrogen-bond donors (Lipinski definition) is 2. The summed E-state index contributed by atoms with van der Waals surface area (Å²) in [6.45, 7) is 0.909. The van der Waals surface area contributed by atoms with Crippen molar-refractivity contribution in [3.8, 4) is 11.4 Å². The molecule has 206 valence electrons. The fraction of sp³-hybridized carbons (Fsp3) is 0.292. The number of pyridine rings is 1. The molecule has 2 atom stereocenters. The van der Waals surface area contributed by atoms with Gasteiger partial charge in [0.05, 0.1) is 34.9 Å². The molecule has 2 N–H and O–H groups in total. The summed E-state index contributed by atoms with van der Waals surface area (Å²) in [6.07, 6.45) is -6.06. The van der Waals surface area contributed by atoms with Crippen molar-refractivity contribution in [1.82, 2.24) is 24.7 Å². The molecule has 8 nitrogen and oxygen atoms in total. The van der Waals surface area contributed by atoms with Crippen molar-refractivity contribution < 1.29 is 30.7 Å². The summed E-state index contributed by atoms with van der Waals surface area (Å²) in [4.78, 5) is 32.0. The molecule has 0 unspecified atom stereocenters. The van der Waals surface area contributed by atoms with Gasteiger partial charge in [-0.05, 0) is 30.5 Å². The van der Waals surface area contributed by atoms with E-state index in [2.05, 4.69) is 20.4 Å². The lowest BCUT2D eigenvalue weighted by Crippen LogP contribution is -2.30. The highest BCUT2D eigenvalue weighted by Crippen LogP contribution is 2.32. The normalized spacial score (nSPS) is 13.6. The van der Waals surface area contributed by atoms with Gasteiger partial charge in [-0.2, -0.15) is 18.3 Å². The monoisotopic (exact) mass is 556 g/mol. The Bertz CT molecular complexity index is 1600. The van der Waals surface area contributed by atoms with Crippen LogP contribution in [-0.2, 0) is 12.7 Å². The van der Waals surface area contributed by atoms with Crippen molar-refractivity contribution in [3.63, 3.8) is 0 Å². The van der Waals surface area contributed by atoms with E-state index in [0.29, 0.717) is 0 Å². The fourth-order valence-corrected chi connectivity index (χ4v) is 4.00. The molecule has 0 radical (unpaired) electrons. The summed E-state index contributed by atoms with van der Waals surface area (Å²) < 4.78 is 95.7. The number of halogens is 7. The lowest BCUT2D eigenvalue weighted by atomic mass is 10.1. The first-order valence-corrected chi connectivity index (χ1v) is 11.3. The average molecular weight is 556 g/mol. The summed E-state index contributed by atoms with van der Waals surface area (Å²) >= 11 is 0. The van der Waals surface area contributed by atoms with E-state index in [1.165, 1.54) is 25.3 Å². The molecule has 39 heavy (non-hydrogen) atoms. The van der Waals surface area contributed by atoms with Crippen molar-refractivity contribution >= 4 is 16.5 Å². The van der Waals surface area contributed by atoms with E-state index in [1.807, 2.05) is 0 Å². The van der Waals surface area contributed by atoms with Gasteiger partial charge in [-0.15, -0.1) is 0 Å². The average Bonchev–Trinajstić information content (AvgIpc) is 2.85. The number of alkyl halides is 6.